The van der Waals surface area contributed by atoms with Gasteiger partial charge in [0.2, 0.25) is 0 Å². The van der Waals surface area contributed by atoms with Crippen LogP contribution < -0.4 is 0 Å². The van der Waals surface area contributed by atoms with Crippen LogP contribution in [-0.4, -0.2) is 8.76 Å². The molecular formula is C8H5FNO2S-. The van der Waals surface area contributed by atoms with Crippen LogP contribution in [0.2, 0.25) is 0 Å². The fourth-order valence-corrected chi connectivity index (χ4v) is 1.25. The highest BCUT2D eigenvalue weighted by Gasteiger charge is 2.33. The zero-order valence-electron chi connectivity index (χ0n) is 6.44. The zero-order chi connectivity index (χ0) is 9.90. The monoisotopic (exact) mass is 198 g/mol. The number of halogens is 1. The second-order valence-corrected chi connectivity index (χ2v) is 3.34. The molecular weight excluding hydrogens is 193 g/mol. The van der Waals surface area contributed by atoms with Gasteiger partial charge in [0.1, 0.15) is 6.07 Å². The number of benzene rings is 1. The topological polar surface area (TPSA) is 63.9 Å². The van der Waals surface area contributed by atoms with Crippen molar-refractivity contribution in [3.8, 4) is 6.07 Å². The van der Waals surface area contributed by atoms with Crippen LogP contribution in [0.25, 0.3) is 0 Å². The Bertz CT molecular complexity index is 362. The highest BCUT2D eigenvalue weighted by molar-refractivity contribution is 7.80. The van der Waals surface area contributed by atoms with Crippen LogP contribution in [0.15, 0.2) is 30.3 Å². The van der Waals surface area contributed by atoms with Gasteiger partial charge in [-0.3, -0.25) is 4.21 Å². The minimum Gasteiger partial charge on any atom is -0.769 e. The minimum absolute atomic E-state index is 0.175. The van der Waals surface area contributed by atoms with Crippen LogP contribution in [0, 0.1) is 11.3 Å². The van der Waals surface area contributed by atoms with Crippen molar-refractivity contribution in [2.24, 2.45) is 0 Å². The molecule has 1 rings (SSSR count). The fraction of sp³-hybridized carbons (Fsp3) is 0.125. The smallest absolute Gasteiger partial charge is 0.282 e. The Balaban J connectivity index is 3.21. The summed E-state index contributed by atoms with van der Waals surface area (Å²) in [6, 6.07) is 8.15. The van der Waals surface area contributed by atoms with E-state index in [0.717, 1.165) is 6.07 Å². The molecule has 0 fully saturated rings. The molecule has 5 heteroatoms. The largest absolute Gasteiger partial charge is 0.769 e. The molecule has 0 aliphatic rings. The van der Waals surface area contributed by atoms with Gasteiger partial charge < -0.3 is 4.55 Å². The van der Waals surface area contributed by atoms with E-state index < -0.39 is 16.1 Å². The number of nitriles is 1. The van der Waals surface area contributed by atoms with Crippen molar-refractivity contribution < 1.29 is 13.2 Å². The van der Waals surface area contributed by atoms with E-state index in [2.05, 4.69) is 0 Å². The Hall–Kier alpha value is -1.25. The van der Waals surface area contributed by atoms with Gasteiger partial charge in [0, 0.05) is 16.6 Å². The molecule has 68 valence electrons. The third-order valence-electron chi connectivity index (χ3n) is 1.52. The summed E-state index contributed by atoms with van der Waals surface area (Å²) in [4.78, 5) is 0. The molecule has 0 saturated heterocycles. The van der Waals surface area contributed by atoms with E-state index >= 15 is 0 Å². The van der Waals surface area contributed by atoms with Gasteiger partial charge >= 0.3 is 0 Å². The molecule has 1 aromatic carbocycles. The van der Waals surface area contributed by atoms with E-state index in [4.69, 9.17) is 5.26 Å². The number of hydrogen-bond acceptors (Lipinski definition) is 3. The maximum Gasteiger partial charge on any atom is 0.282 e. The van der Waals surface area contributed by atoms with Gasteiger partial charge in [0.25, 0.3) is 5.00 Å². The summed E-state index contributed by atoms with van der Waals surface area (Å²) in [5.41, 5.74) is -0.175. The molecule has 3 nitrogen and oxygen atoms in total. The lowest BCUT2D eigenvalue weighted by atomic mass is 10.1. The summed E-state index contributed by atoms with van der Waals surface area (Å²) in [5.74, 6) is 0. The molecule has 0 saturated carbocycles. The van der Waals surface area contributed by atoms with Crippen molar-refractivity contribution in [1.29, 1.82) is 5.26 Å². The number of hydrogen-bond donors (Lipinski definition) is 0. The lowest BCUT2D eigenvalue weighted by Gasteiger charge is -2.19. The molecule has 0 aromatic heterocycles. The maximum atomic E-state index is 13.4. The summed E-state index contributed by atoms with van der Waals surface area (Å²) in [6.45, 7) is 0. The second kappa shape index (κ2) is 3.64. The number of rotatable bonds is 2. The maximum absolute atomic E-state index is 13.4. The third kappa shape index (κ3) is 1.74. The van der Waals surface area contributed by atoms with Crippen molar-refractivity contribution in [1.82, 2.24) is 0 Å². The SMILES string of the molecule is N#CC(F)(c1ccccc1)S(=O)[O-]. The van der Waals surface area contributed by atoms with Crippen molar-refractivity contribution in [3.05, 3.63) is 35.9 Å². The Labute approximate surface area is 77.1 Å². The number of nitrogens with zero attached hydrogens (tertiary/aromatic N) is 1. The number of alkyl halides is 1. The predicted octanol–water partition coefficient (Wildman–Crippen LogP) is 1.21. The van der Waals surface area contributed by atoms with Gasteiger partial charge in [-0.1, -0.05) is 30.3 Å². The highest BCUT2D eigenvalue weighted by atomic mass is 32.2. The molecule has 0 radical (unpaired) electrons. The van der Waals surface area contributed by atoms with Crippen molar-refractivity contribution in [2.45, 2.75) is 5.00 Å². The standard InChI is InChI=1S/C8H6FNO2S/c9-8(6-10,13(11)12)7-4-2-1-3-5-7/h1-5H,(H,11,12)/p-1. The summed E-state index contributed by atoms with van der Waals surface area (Å²) in [7, 11) is 0. The van der Waals surface area contributed by atoms with Crippen molar-refractivity contribution >= 4 is 11.1 Å². The summed E-state index contributed by atoms with van der Waals surface area (Å²) >= 11 is -3.10. The van der Waals surface area contributed by atoms with Crippen LogP contribution >= 0.6 is 0 Å². The van der Waals surface area contributed by atoms with Crippen LogP contribution in [0.4, 0.5) is 4.39 Å². The van der Waals surface area contributed by atoms with Gasteiger partial charge in [0.05, 0.1) is 0 Å². The Morgan fingerprint density at radius 3 is 2.38 bits per heavy atom. The lowest BCUT2D eigenvalue weighted by molar-refractivity contribution is 0.335. The molecule has 0 heterocycles. The van der Waals surface area contributed by atoms with E-state index in [1.54, 1.807) is 6.07 Å². The molecule has 0 N–H and O–H groups in total. The fourth-order valence-electron chi connectivity index (χ4n) is 0.851. The first-order valence-corrected chi connectivity index (χ1v) is 4.44. The molecule has 0 amide bonds. The Kier molecular flexibility index (Phi) is 2.76. The molecule has 13 heavy (non-hydrogen) atoms. The molecule has 0 aliphatic carbocycles. The lowest BCUT2D eigenvalue weighted by Crippen LogP contribution is -2.23. The predicted molar refractivity (Wildman–Crippen MR) is 43.8 cm³/mol. The van der Waals surface area contributed by atoms with Gasteiger partial charge in [-0.15, -0.1) is 0 Å². The Morgan fingerprint density at radius 2 is 2.00 bits per heavy atom. The van der Waals surface area contributed by atoms with Crippen LogP contribution in [0.3, 0.4) is 0 Å². The van der Waals surface area contributed by atoms with Crippen LogP contribution in [0.5, 0.6) is 0 Å². The van der Waals surface area contributed by atoms with Gasteiger partial charge in [-0.25, -0.2) is 4.39 Å². The molecule has 0 aliphatic heterocycles. The van der Waals surface area contributed by atoms with Crippen molar-refractivity contribution in [2.75, 3.05) is 0 Å². The summed E-state index contributed by atoms with van der Waals surface area (Å²) in [5, 5.41) is 5.45. The van der Waals surface area contributed by atoms with Gasteiger partial charge in [-0.2, -0.15) is 5.26 Å². The molecule has 2 atom stereocenters. The van der Waals surface area contributed by atoms with E-state index in [-0.39, 0.29) is 5.56 Å². The van der Waals surface area contributed by atoms with Crippen molar-refractivity contribution in [3.63, 3.8) is 0 Å². The van der Waals surface area contributed by atoms with E-state index in [9.17, 15) is 13.2 Å². The molecule has 0 spiro atoms. The summed E-state index contributed by atoms with van der Waals surface area (Å²) in [6.07, 6.45) is 0. The normalized spacial score (nSPS) is 17.0. The third-order valence-corrected chi connectivity index (χ3v) is 2.30. The molecule has 1 aromatic rings. The quantitative estimate of drug-likeness (QED) is 0.671. The van der Waals surface area contributed by atoms with Gasteiger partial charge in [-0.05, 0) is 0 Å². The van der Waals surface area contributed by atoms with E-state index in [1.807, 2.05) is 0 Å². The minimum atomic E-state index is -3.10. The first-order valence-electron chi connectivity index (χ1n) is 3.36. The first-order chi connectivity index (χ1) is 6.11. The van der Waals surface area contributed by atoms with Crippen LogP contribution in [0.1, 0.15) is 5.56 Å². The zero-order valence-corrected chi connectivity index (χ0v) is 7.25. The average molecular weight is 198 g/mol. The molecule has 0 bridgehead atoms. The van der Waals surface area contributed by atoms with E-state index in [0.29, 0.717) is 0 Å². The first kappa shape index (κ1) is 9.84. The molecule has 2 unspecified atom stereocenters. The van der Waals surface area contributed by atoms with Crippen LogP contribution in [-0.2, 0) is 16.1 Å². The summed E-state index contributed by atoms with van der Waals surface area (Å²) < 4.78 is 34.3. The Morgan fingerprint density at radius 1 is 1.46 bits per heavy atom. The highest BCUT2D eigenvalue weighted by Crippen LogP contribution is 2.27. The second-order valence-electron chi connectivity index (χ2n) is 2.31. The van der Waals surface area contributed by atoms with Gasteiger partial charge in [0.15, 0.2) is 0 Å². The average Bonchev–Trinajstić information content (AvgIpc) is 2.17. The van der Waals surface area contributed by atoms with E-state index in [1.165, 1.54) is 24.3 Å².